The lowest BCUT2D eigenvalue weighted by Crippen LogP contribution is -2.42. The van der Waals surface area contributed by atoms with E-state index in [0.717, 1.165) is 51.6 Å². The number of likely N-dealkylation sites (tertiary alicyclic amines) is 2. The Kier molecular flexibility index (Phi) is 9.67. The van der Waals surface area contributed by atoms with E-state index in [9.17, 15) is 0 Å². The molecule has 1 aromatic rings. The van der Waals surface area contributed by atoms with Gasteiger partial charge >= 0.3 is 0 Å². The van der Waals surface area contributed by atoms with Gasteiger partial charge in [-0.15, -0.1) is 24.0 Å². The molecular weight excluding hydrogens is 491 g/mol. The van der Waals surface area contributed by atoms with Gasteiger partial charge in [-0.1, -0.05) is 24.3 Å². The Bertz CT molecular complexity index is 675. The zero-order chi connectivity index (χ0) is 19.9. The van der Waals surface area contributed by atoms with Gasteiger partial charge in [0.25, 0.3) is 0 Å². The van der Waals surface area contributed by atoms with E-state index in [2.05, 4.69) is 44.4 Å². The van der Waals surface area contributed by atoms with Crippen LogP contribution in [0.25, 0.3) is 0 Å². The van der Waals surface area contributed by atoms with Crippen molar-refractivity contribution in [3.8, 4) is 0 Å². The van der Waals surface area contributed by atoms with E-state index in [1.54, 1.807) is 0 Å². The minimum atomic E-state index is 0. The van der Waals surface area contributed by atoms with Gasteiger partial charge in [0.15, 0.2) is 5.96 Å². The normalized spacial score (nSPS) is 23.6. The fourth-order valence-corrected chi connectivity index (χ4v) is 4.74. The summed E-state index contributed by atoms with van der Waals surface area (Å²) in [7, 11) is 1.89. The number of ether oxygens (including phenoxy) is 2. The fourth-order valence-electron chi connectivity index (χ4n) is 4.74. The van der Waals surface area contributed by atoms with Crippen LogP contribution < -0.4 is 5.32 Å². The van der Waals surface area contributed by atoms with Crippen molar-refractivity contribution in [3.05, 3.63) is 35.4 Å². The van der Waals surface area contributed by atoms with Crippen molar-refractivity contribution >= 4 is 29.9 Å². The molecule has 1 aromatic carbocycles. The first-order valence-corrected chi connectivity index (χ1v) is 11.3. The molecule has 7 heteroatoms. The summed E-state index contributed by atoms with van der Waals surface area (Å²) in [6, 6.07) is 9.40. The highest BCUT2D eigenvalue weighted by Gasteiger charge is 2.30. The fraction of sp³-hybridized carbons (Fsp3) is 0.696. The minimum Gasteiger partial charge on any atom is -0.381 e. The number of rotatable bonds is 6. The SMILES string of the molecule is CN=C(NCc1cccc(COC2CCOCC2)c1)N1CCC(N2CCCC2)C1.I. The number of nitrogens with zero attached hydrogens (tertiary/aromatic N) is 3. The van der Waals surface area contributed by atoms with Gasteiger partial charge in [0, 0.05) is 45.9 Å². The summed E-state index contributed by atoms with van der Waals surface area (Å²) in [5.74, 6) is 1.02. The van der Waals surface area contributed by atoms with Crippen molar-refractivity contribution in [2.24, 2.45) is 4.99 Å². The van der Waals surface area contributed by atoms with Crippen molar-refractivity contribution in [1.82, 2.24) is 15.1 Å². The zero-order valence-corrected chi connectivity index (χ0v) is 20.6. The summed E-state index contributed by atoms with van der Waals surface area (Å²) in [5, 5.41) is 3.57. The van der Waals surface area contributed by atoms with Gasteiger partial charge in [-0.2, -0.15) is 0 Å². The number of hydrogen-bond donors (Lipinski definition) is 1. The number of benzene rings is 1. The van der Waals surface area contributed by atoms with Gasteiger partial charge in [-0.05, 0) is 56.3 Å². The number of hydrogen-bond acceptors (Lipinski definition) is 4. The van der Waals surface area contributed by atoms with E-state index in [0.29, 0.717) is 18.8 Å². The maximum absolute atomic E-state index is 6.08. The summed E-state index contributed by atoms with van der Waals surface area (Å²) >= 11 is 0. The molecule has 0 radical (unpaired) electrons. The number of nitrogens with one attached hydrogen (secondary N) is 1. The minimum absolute atomic E-state index is 0. The largest absolute Gasteiger partial charge is 0.381 e. The van der Waals surface area contributed by atoms with Gasteiger partial charge in [0.2, 0.25) is 0 Å². The lowest BCUT2D eigenvalue weighted by atomic mass is 10.1. The summed E-state index contributed by atoms with van der Waals surface area (Å²) in [5.41, 5.74) is 2.51. The highest BCUT2D eigenvalue weighted by atomic mass is 127. The molecule has 3 aliphatic heterocycles. The molecule has 4 rings (SSSR count). The van der Waals surface area contributed by atoms with Gasteiger partial charge < -0.3 is 19.7 Å². The van der Waals surface area contributed by atoms with Crippen LogP contribution >= 0.6 is 24.0 Å². The topological polar surface area (TPSA) is 49.3 Å². The summed E-state index contributed by atoms with van der Waals surface area (Å²) < 4.78 is 11.5. The third-order valence-electron chi connectivity index (χ3n) is 6.43. The molecule has 0 bridgehead atoms. The molecule has 0 aliphatic carbocycles. The first-order valence-electron chi connectivity index (χ1n) is 11.3. The van der Waals surface area contributed by atoms with Crippen molar-refractivity contribution in [2.45, 2.75) is 57.4 Å². The van der Waals surface area contributed by atoms with Crippen molar-refractivity contribution in [2.75, 3.05) is 46.4 Å². The summed E-state index contributed by atoms with van der Waals surface area (Å²) in [6.45, 7) is 7.85. The van der Waals surface area contributed by atoms with Crippen LogP contribution in [0.15, 0.2) is 29.3 Å². The van der Waals surface area contributed by atoms with Crippen LogP contribution in [0.5, 0.6) is 0 Å². The highest BCUT2D eigenvalue weighted by Crippen LogP contribution is 2.20. The number of aliphatic imine (C=N–C) groups is 1. The quantitative estimate of drug-likeness (QED) is 0.349. The third-order valence-corrected chi connectivity index (χ3v) is 6.43. The molecule has 3 fully saturated rings. The summed E-state index contributed by atoms with van der Waals surface area (Å²) in [6.07, 6.45) is 6.32. The van der Waals surface area contributed by atoms with Crippen LogP contribution in [-0.4, -0.2) is 74.3 Å². The van der Waals surface area contributed by atoms with Crippen LogP contribution in [-0.2, 0) is 22.6 Å². The second-order valence-corrected chi connectivity index (χ2v) is 8.48. The molecule has 0 spiro atoms. The van der Waals surface area contributed by atoms with E-state index < -0.39 is 0 Å². The van der Waals surface area contributed by atoms with E-state index in [-0.39, 0.29) is 24.0 Å². The van der Waals surface area contributed by atoms with Crippen LogP contribution in [0.2, 0.25) is 0 Å². The Morgan fingerprint density at radius 1 is 1.13 bits per heavy atom. The Hall–Kier alpha value is -0.900. The predicted molar refractivity (Wildman–Crippen MR) is 131 cm³/mol. The highest BCUT2D eigenvalue weighted by molar-refractivity contribution is 14.0. The molecule has 0 saturated carbocycles. The number of guanidine groups is 1. The lowest BCUT2D eigenvalue weighted by Gasteiger charge is -2.25. The molecule has 3 saturated heterocycles. The zero-order valence-electron chi connectivity index (χ0n) is 18.2. The average molecular weight is 528 g/mol. The predicted octanol–water partition coefficient (Wildman–Crippen LogP) is 3.25. The van der Waals surface area contributed by atoms with E-state index >= 15 is 0 Å². The van der Waals surface area contributed by atoms with Gasteiger partial charge in [-0.25, -0.2) is 0 Å². The van der Waals surface area contributed by atoms with Crippen molar-refractivity contribution in [3.63, 3.8) is 0 Å². The Balaban J connectivity index is 0.00000256. The molecule has 3 aliphatic rings. The lowest BCUT2D eigenvalue weighted by molar-refractivity contribution is -0.0390. The van der Waals surface area contributed by atoms with Crippen LogP contribution in [0.3, 0.4) is 0 Å². The Morgan fingerprint density at radius 2 is 1.90 bits per heavy atom. The van der Waals surface area contributed by atoms with Crippen LogP contribution in [0.4, 0.5) is 0 Å². The molecule has 168 valence electrons. The molecule has 1 N–H and O–H groups in total. The van der Waals surface area contributed by atoms with E-state index in [4.69, 9.17) is 9.47 Å². The maximum Gasteiger partial charge on any atom is 0.193 e. The first kappa shape index (κ1) is 23.8. The molecule has 0 aromatic heterocycles. The third kappa shape index (κ3) is 6.55. The second kappa shape index (κ2) is 12.2. The molecular formula is C23H37IN4O2. The maximum atomic E-state index is 6.08. The first-order chi connectivity index (χ1) is 14.3. The smallest absolute Gasteiger partial charge is 0.193 e. The van der Waals surface area contributed by atoms with Gasteiger partial charge in [-0.3, -0.25) is 9.89 Å². The van der Waals surface area contributed by atoms with Crippen LogP contribution in [0.1, 0.15) is 43.2 Å². The number of halogens is 1. The Morgan fingerprint density at radius 3 is 2.67 bits per heavy atom. The van der Waals surface area contributed by atoms with E-state index in [1.165, 1.54) is 43.5 Å². The molecule has 1 atom stereocenters. The Labute approximate surface area is 198 Å². The van der Waals surface area contributed by atoms with Gasteiger partial charge in [0.05, 0.1) is 12.7 Å². The standard InChI is InChI=1S/C23H36N4O2.HI/c1-24-23(27-12-7-21(17-27)26-10-2-3-11-26)25-16-19-5-4-6-20(15-19)18-29-22-8-13-28-14-9-22;/h4-6,15,21-22H,2-3,7-14,16-18H2,1H3,(H,24,25);1H. The van der Waals surface area contributed by atoms with Crippen molar-refractivity contribution < 1.29 is 9.47 Å². The van der Waals surface area contributed by atoms with Crippen LogP contribution in [0, 0.1) is 0 Å². The molecule has 1 unspecified atom stereocenters. The molecule has 6 nitrogen and oxygen atoms in total. The monoisotopic (exact) mass is 528 g/mol. The van der Waals surface area contributed by atoms with Crippen molar-refractivity contribution in [1.29, 1.82) is 0 Å². The second-order valence-electron chi connectivity index (χ2n) is 8.48. The molecule has 3 heterocycles. The van der Waals surface area contributed by atoms with E-state index in [1.807, 2.05) is 7.05 Å². The molecule has 30 heavy (non-hydrogen) atoms. The average Bonchev–Trinajstić information content (AvgIpc) is 3.46. The van der Waals surface area contributed by atoms with Gasteiger partial charge in [0.1, 0.15) is 0 Å². The summed E-state index contributed by atoms with van der Waals surface area (Å²) in [4.78, 5) is 9.62. The molecule has 0 amide bonds.